The van der Waals surface area contributed by atoms with Gasteiger partial charge in [0, 0.05) is 24.6 Å². The van der Waals surface area contributed by atoms with Gasteiger partial charge in [0.15, 0.2) is 0 Å². The number of pyridine rings is 1. The minimum atomic E-state index is 0.108. The normalized spacial score (nSPS) is 14.4. The molecule has 0 atom stereocenters. The highest BCUT2D eigenvalue weighted by molar-refractivity contribution is 5.76. The molecule has 1 aliphatic carbocycles. The van der Waals surface area contributed by atoms with E-state index in [-0.39, 0.29) is 5.91 Å². The van der Waals surface area contributed by atoms with Crippen LogP contribution in [0.1, 0.15) is 18.5 Å². The second-order valence-corrected chi connectivity index (χ2v) is 5.63. The third kappa shape index (κ3) is 2.47. The maximum atomic E-state index is 12.6. The summed E-state index contributed by atoms with van der Waals surface area (Å²) in [6, 6.07) is 8.10. The molecule has 1 aliphatic rings. The van der Waals surface area contributed by atoms with Gasteiger partial charge < -0.3 is 9.30 Å². The van der Waals surface area contributed by atoms with Crippen molar-refractivity contribution in [3.8, 4) is 0 Å². The second kappa shape index (κ2) is 5.29. The van der Waals surface area contributed by atoms with Crippen molar-refractivity contribution in [2.75, 3.05) is 0 Å². The molecule has 0 unspecified atom stereocenters. The van der Waals surface area contributed by atoms with Crippen molar-refractivity contribution in [1.82, 2.24) is 24.1 Å². The SMILES string of the molecule is O=C(Cn1cccn1)N(Cc1cnc2ccccn12)C1CC1. The summed E-state index contributed by atoms with van der Waals surface area (Å²) in [6.07, 6.45) is 9.52. The molecule has 1 fully saturated rings. The number of rotatable bonds is 5. The minimum absolute atomic E-state index is 0.108. The van der Waals surface area contributed by atoms with E-state index in [9.17, 15) is 4.79 Å². The number of hydrogen-bond acceptors (Lipinski definition) is 3. The van der Waals surface area contributed by atoms with E-state index in [2.05, 4.69) is 10.1 Å². The minimum Gasteiger partial charge on any atom is -0.332 e. The fraction of sp³-hybridized carbons (Fsp3) is 0.312. The number of carbonyl (C=O) groups is 1. The molecule has 0 radical (unpaired) electrons. The summed E-state index contributed by atoms with van der Waals surface area (Å²) in [5.41, 5.74) is 1.95. The first kappa shape index (κ1) is 13.1. The predicted molar refractivity (Wildman–Crippen MR) is 81.0 cm³/mol. The van der Waals surface area contributed by atoms with Gasteiger partial charge in [0.25, 0.3) is 0 Å². The van der Waals surface area contributed by atoms with Gasteiger partial charge in [-0.05, 0) is 31.0 Å². The second-order valence-electron chi connectivity index (χ2n) is 5.63. The molecule has 0 bridgehead atoms. The number of aromatic nitrogens is 4. The van der Waals surface area contributed by atoms with Crippen LogP contribution < -0.4 is 0 Å². The molecule has 0 aromatic carbocycles. The Labute approximate surface area is 128 Å². The lowest BCUT2D eigenvalue weighted by Crippen LogP contribution is -2.35. The van der Waals surface area contributed by atoms with E-state index in [0.29, 0.717) is 19.1 Å². The Kier molecular flexibility index (Phi) is 3.14. The van der Waals surface area contributed by atoms with Crippen LogP contribution in [0.2, 0.25) is 0 Å². The van der Waals surface area contributed by atoms with Crippen LogP contribution >= 0.6 is 0 Å². The molecule has 0 spiro atoms. The largest absolute Gasteiger partial charge is 0.332 e. The molecule has 6 heteroatoms. The number of fused-ring (bicyclic) bond motifs is 1. The molecular weight excluding hydrogens is 278 g/mol. The molecule has 4 rings (SSSR count). The van der Waals surface area contributed by atoms with Gasteiger partial charge in [-0.15, -0.1) is 0 Å². The molecule has 6 nitrogen and oxygen atoms in total. The zero-order valence-electron chi connectivity index (χ0n) is 12.2. The summed E-state index contributed by atoms with van der Waals surface area (Å²) in [6.45, 7) is 0.885. The Bertz CT molecular complexity index is 788. The zero-order valence-corrected chi connectivity index (χ0v) is 12.2. The van der Waals surface area contributed by atoms with Crippen LogP contribution in [0.4, 0.5) is 0 Å². The summed E-state index contributed by atoms with van der Waals surface area (Å²) in [4.78, 5) is 18.9. The lowest BCUT2D eigenvalue weighted by molar-refractivity contribution is -0.133. The Morgan fingerprint density at radius 2 is 2.18 bits per heavy atom. The molecule has 0 N–H and O–H groups in total. The topological polar surface area (TPSA) is 55.4 Å². The van der Waals surface area contributed by atoms with Gasteiger partial charge in [0.2, 0.25) is 5.91 Å². The van der Waals surface area contributed by atoms with Gasteiger partial charge in [-0.1, -0.05) is 6.07 Å². The van der Waals surface area contributed by atoms with E-state index in [1.165, 1.54) is 0 Å². The van der Waals surface area contributed by atoms with E-state index in [0.717, 1.165) is 24.2 Å². The number of carbonyl (C=O) groups excluding carboxylic acids is 1. The van der Waals surface area contributed by atoms with Crippen LogP contribution in [0.3, 0.4) is 0 Å². The van der Waals surface area contributed by atoms with Gasteiger partial charge in [0.1, 0.15) is 12.2 Å². The van der Waals surface area contributed by atoms with E-state index in [4.69, 9.17) is 0 Å². The Morgan fingerprint density at radius 1 is 1.27 bits per heavy atom. The summed E-state index contributed by atoms with van der Waals surface area (Å²) in [5, 5.41) is 4.12. The van der Waals surface area contributed by atoms with E-state index < -0.39 is 0 Å². The number of nitrogens with zero attached hydrogens (tertiary/aromatic N) is 5. The van der Waals surface area contributed by atoms with Gasteiger partial charge in [-0.2, -0.15) is 5.10 Å². The summed E-state index contributed by atoms with van der Waals surface area (Å²) >= 11 is 0. The highest BCUT2D eigenvalue weighted by Crippen LogP contribution is 2.28. The highest BCUT2D eigenvalue weighted by Gasteiger charge is 2.33. The van der Waals surface area contributed by atoms with E-state index >= 15 is 0 Å². The smallest absolute Gasteiger partial charge is 0.244 e. The highest BCUT2D eigenvalue weighted by atomic mass is 16.2. The number of imidazole rings is 1. The van der Waals surface area contributed by atoms with Gasteiger partial charge in [0.05, 0.1) is 18.4 Å². The summed E-state index contributed by atoms with van der Waals surface area (Å²) < 4.78 is 3.71. The molecule has 3 aromatic rings. The first-order valence-corrected chi connectivity index (χ1v) is 7.49. The van der Waals surface area contributed by atoms with Crippen molar-refractivity contribution in [1.29, 1.82) is 0 Å². The molecule has 1 amide bonds. The zero-order chi connectivity index (χ0) is 14.9. The average Bonchev–Trinajstić information content (AvgIpc) is 3.08. The quantitative estimate of drug-likeness (QED) is 0.720. The lowest BCUT2D eigenvalue weighted by atomic mass is 10.3. The molecule has 22 heavy (non-hydrogen) atoms. The van der Waals surface area contributed by atoms with Crippen LogP contribution in [0.15, 0.2) is 49.1 Å². The molecule has 3 aromatic heterocycles. The Morgan fingerprint density at radius 3 is 2.95 bits per heavy atom. The predicted octanol–water partition coefficient (Wildman–Crippen LogP) is 1.72. The monoisotopic (exact) mass is 295 g/mol. The molecular formula is C16H17N5O. The van der Waals surface area contributed by atoms with Gasteiger partial charge >= 0.3 is 0 Å². The van der Waals surface area contributed by atoms with Crippen molar-refractivity contribution in [3.05, 3.63) is 54.7 Å². The number of amides is 1. The standard InChI is InChI=1S/C16H17N5O/c22-16(12-19-8-3-7-18-19)21(13-5-6-13)11-14-10-17-15-4-1-2-9-20(14)15/h1-4,7-10,13H,5-6,11-12H2. The first-order valence-electron chi connectivity index (χ1n) is 7.49. The van der Waals surface area contributed by atoms with Gasteiger partial charge in [-0.3, -0.25) is 9.48 Å². The Balaban J connectivity index is 1.56. The summed E-state index contributed by atoms with van der Waals surface area (Å²) in [7, 11) is 0. The third-order valence-corrected chi connectivity index (χ3v) is 3.99. The fourth-order valence-electron chi connectivity index (χ4n) is 2.71. The molecule has 0 saturated heterocycles. The van der Waals surface area contributed by atoms with Crippen LogP contribution in [-0.4, -0.2) is 36.0 Å². The van der Waals surface area contributed by atoms with Crippen molar-refractivity contribution in [2.45, 2.75) is 32.0 Å². The van der Waals surface area contributed by atoms with Crippen molar-refractivity contribution in [3.63, 3.8) is 0 Å². The average molecular weight is 295 g/mol. The van der Waals surface area contributed by atoms with Crippen molar-refractivity contribution < 1.29 is 4.79 Å². The van der Waals surface area contributed by atoms with E-state index in [1.807, 2.05) is 52.2 Å². The van der Waals surface area contributed by atoms with E-state index in [1.54, 1.807) is 10.9 Å². The van der Waals surface area contributed by atoms with Crippen molar-refractivity contribution in [2.24, 2.45) is 0 Å². The van der Waals surface area contributed by atoms with Gasteiger partial charge in [-0.25, -0.2) is 4.98 Å². The molecule has 0 aliphatic heterocycles. The maximum absolute atomic E-state index is 12.6. The van der Waals surface area contributed by atoms with Crippen LogP contribution in [0.5, 0.6) is 0 Å². The van der Waals surface area contributed by atoms with Crippen LogP contribution in [0, 0.1) is 0 Å². The van der Waals surface area contributed by atoms with Crippen molar-refractivity contribution >= 4 is 11.6 Å². The molecule has 3 heterocycles. The summed E-state index contributed by atoms with van der Waals surface area (Å²) in [5.74, 6) is 0.108. The first-order chi connectivity index (χ1) is 10.8. The van der Waals surface area contributed by atoms with Crippen LogP contribution in [0.25, 0.3) is 5.65 Å². The lowest BCUT2D eigenvalue weighted by Gasteiger charge is -2.22. The molecule has 1 saturated carbocycles. The maximum Gasteiger partial charge on any atom is 0.244 e. The Hall–Kier alpha value is -2.63. The third-order valence-electron chi connectivity index (χ3n) is 3.99. The number of hydrogen-bond donors (Lipinski definition) is 0. The van der Waals surface area contributed by atoms with Crippen LogP contribution in [-0.2, 0) is 17.9 Å². The molecule has 112 valence electrons. The fourth-order valence-corrected chi connectivity index (χ4v) is 2.71.